The Morgan fingerprint density at radius 2 is 1.76 bits per heavy atom. The molecule has 0 aromatic carbocycles. The molecule has 0 saturated carbocycles. The number of nitrogens with one attached hydrogen (secondary N) is 1. The molecule has 0 bridgehead atoms. The predicted molar refractivity (Wildman–Crippen MR) is 123 cm³/mol. The van der Waals surface area contributed by atoms with E-state index in [9.17, 15) is 19.2 Å². The maximum atomic E-state index is 12.5. The molecule has 12 nitrogen and oxygen atoms in total. The third-order valence-electron chi connectivity index (χ3n) is 4.10. The summed E-state index contributed by atoms with van der Waals surface area (Å²) in [5.41, 5.74) is 0. The maximum absolute atomic E-state index is 12.5. The molecule has 0 atom stereocenters. The molecule has 0 aliphatic carbocycles. The highest BCUT2D eigenvalue weighted by molar-refractivity contribution is 8.23. The van der Waals surface area contributed by atoms with Gasteiger partial charge in [0.25, 0.3) is 0 Å². The third kappa shape index (κ3) is 14.0. The lowest BCUT2D eigenvalue weighted by Gasteiger charge is -2.24. The minimum atomic E-state index is -0.550. The van der Waals surface area contributed by atoms with E-state index in [1.54, 1.807) is 9.80 Å². The normalized spacial score (nSPS) is 13.2. The summed E-state index contributed by atoms with van der Waals surface area (Å²) in [4.78, 5) is 49.4. The van der Waals surface area contributed by atoms with Crippen LogP contribution in [0.15, 0.2) is 0 Å². The van der Waals surface area contributed by atoms with Gasteiger partial charge in [-0.15, -0.1) is 0 Å². The highest BCUT2D eigenvalue weighted by Crippen LogP contribution is 2.18. The van der Waals surface area contributed by atoms with Gasteiger partial charge in [0.1, 0.15) is 24.1 Å². The van der Waals surface area contributed by atoms with Crippen molar-refractivity contribution in [2.45, 2.75) is 6.92 Å². The van der Waals surface area contributed by atoms with Crippen LogP contribution in [0.25, 0.3) is 0 Å². The van der Waals surface area contributed by atoms with E-state index in [-0.39, 0.29) is 58.6 Å². The number of thioether (sulfide) groups is 1. The summed E-state index contributed by atoms with van der Waals surface area (Å²) >= 11 is 6.63. The van der Waals surface area contributed by atoms with Crippen LogP contribution in [0.4, 0.5) is 4.79 Å². The van der Waals surface area contributed by atoms with Gasteiger partial charge in [0, 0.05) is 38.9 Å². The Labute approximate surface area is 202 Å². The van der Waals surface area contributed by atoms with Crippen molar-refractivity contribution in [2.75, 3.05) is 85.2 Å². The molecule has 1 heterocycles. The predicted octanol–water partition coefficient (Wildman–Crippen LogP) is -0.356. The van der Waals surface area contributed by atoms with Crippen LogP contribution in [0.5, 0.6) is 0 Å². The van der Waals surface area contributed by atoms with Gasteiger partial charge < -0.3 is 29.0 Å². The molecule has 188 valence electrons. The SMILES string of the molecule is COC(=O)NCCOCCOCC(=O)OCCN(CCOC(C)=O)CC(=O)N1CCSC1=S. The van der Waals surface area contributed by atoms with Crippen LogP contribution < -0.4 is 5.32 Å². The van der Waals surface area contributed by atoms with E-state index >= 15 is 0 Å². The maximum Gasteiger partial charge on any atom is 0.406 e. The number of rotatable bonds is 16. The molecule has 1 aliphatic heterocycles. The summed E-state index contributed by atoms with van der Waals surface area (Å²) in [6.45, 7) is 3.48. The summed E-state index contributed by atoms with van der Waals surface area (Å²) in [5.74, 6) is -0.342. The first-order chi connectivity index (χ1) is 15.8. The number of ether oxygens (including phenoxy) is 5. The topological polar surface area (TPSA) is 133 Å². The summed E-state index contributed by atoms with van der Waals surface area (Å²) < 4.78 is 25.5. The minimum Gasteiger partial charge on any atom is -0.465 e. The molecule has 1 rings (SSSR count). The average molecular weight is 510 g/mol. The first kappa shape index (κ1) is 29.0. The molecule has 33 heavy (non-hydrogen) atoms. The number of hydrogen-bond acceptors (Lipinski definition) is 12. The zero-order valence-corrected chi connectivity index (χ0v) is 20.5. The van der Waals surface area contributed by atoms with Gasteiger partial charge in [-0.2, -0.15) is 0 Å². The van der Waals surface area contributed by atoms with Crippen LogP contribution in [-0.2, 0) is 38.1 Å². The second-order valence-electron chi connectivity index (χ2n) is 6.58. The molecule has 1 aliphatic rings. The van der Waals surface area contributed by atoms with E-state index in [4.69, 9.17) is 31.2 Å². The van der Waals surface area contributed by atoms with Crippen molar-refractivity contribution in [1.29, 1.82) is 0 Å². The van der Waals surface area contributed by atoms with Crippen LogP contribution in [0.1, 0.15) is 6.92 Å². The molecular weight excluding hydrogens is 478 g/mol. The molecule has 0 aromatic rings. The van der Waals surface area contributed by atoms with E-state index in [2.05, 4.69) is 10.1 Å². The van der Waals surface area contributed by atoms with Crippen molar-refractivity contribution in [1.82, 2.24) is 15.1 Å². The number of carbonyl (C=O) groups excluding carboxylic acids is 4. The molecule has 2 amide bonds. The molecular formula is C19H31N3O9S2. The van der Waals surface area contributed by atoms with E-state index in [0.29, 0.717) is 24.0 Å². The van der Waals surface area contributed by atoms with E-state index in [0.717, 1.165) is 5.75 Å². The van der Waals surface area contributed by atoms with Crippen LogP contribution in [-0.4, -0.2) is 123 Å². The monoisotopic (exact) mass is 509 g/mol. The lowest BCUT2D eigenvalue weighted by molar-refractivity contribution is -0.149. The number of amides is 2. The summed E-state index contributed by atoms with van der Waals surface area (Å²) in [6, 6.07) is 0. The van der Waals surface area contributed by atoms with Crippen LogP contribution in [0.3, 0.4) is 0 Å². The van der Waals surface area contributed by atoms with Gasteiger partial charge in [-0.05, 0) is 0 Å². The molecule has 14 heteroatoms. The third-order valence-corrected chi connectivity index (χ3v) is 5.53. The van der Waals surface area contributed by atoms with Crippen LogP contribution in [0.2, 0.25) is 0 Å². The Morgan fingerprint density at radius 1 is 1.06 bits per heavy atom. The first-order valence-corrected chi connectivity index (χ1v) is 11.7. The Hall–Kier alpha value is -2.00. The molecule has 1 N–H and O–H groups in total. The van der Waals surface area contributed by atoms with Crippen molar-refractivity contribution in [3.05, 3.63) is 0 Å². The Kier molecular flexibility index (Phi) is 15.4. The molecule has 0 radical (unpaired) electrons. The van der Waals surface area contributed by atoms with Crippen LogP contribution in [0, 0.1) is 0 Å². The van der Waals surface area contributed by atoms with E-state index < -0.39 is 18.0 Å². The number of thiocarbonyl (C=S) groups is 1. The van der Waals surface area contributed by atoms with Gasteiger partial charge in [0.2, 0.25) is 5.91 Å². The fourth-order valence-electron chi connectivity index (χ4n) is 2.49. The molecule has 1 fully saturated rings. The minimum absolute atomic E-state index is 0.0461. The highest BCUT2D eigenvalue weighted by Gasteiger charge is 2.25. The largest absolute Gasteiger partial charge is 0.465 e. The number of hydrogen-bond donors (Lipinski definition) is 1. The van der Waals surface area contributed by atoms with Crippen molar-refractivity contribution >= 4 is 52.2 Å². The Bertz CT molecular complexity index is 666. The van der Waals surface area contributed by atoms with Gasteiger partial charge in [0.05, 0.1) is 33.5 Å². The van der Waals surface area contributed by atoms with E-state index in [1.165, 1.54) is 25.8 Å². The van der Waals surface area contributed by atoms with Gasteiger partial charge in [-0.25, -0.2) is 9.59 Å². The Morgan fingerprint density at radius 3 is 2.39 bits per heavy atom. The fraction of sp³-hybridized carbons (Fsp3) is 0.737. The average Bonchev–Trinajstić information content (AvgIpc) is 3.20. The highest BCUT2D eigenvalue weighted by atomic mass is 32.2. The quantitative estimate of drug-likeness (QED) is 0.126. The van der Waals surface area contributed by atoms with Gasteiger partial charge in [-0.1, -0.05) is 24.0 Å². The van der Waals surface area contributed by atoms with Crippen molar-refractivity contribution in [2.24, 2.45) is 0 Å². The van der Waals surface area contributed by atoms with Gasteiger partial charge in [-0.3, -0.25) is 19.4 Å². The second kappa shape index (κ2) is 17.5. The Balaban J connectivity index is 2.22. The lowest BCUT2D eigenvalue weighted by Crippen LogP contribution is -2.43. The zero-order chi connectivity index (χ0) is 24.5. The lowest BCUT2D eigenvalue weighted by atomic mass is 10.4. The summed E-state index contributed by atoms with van der Waals surface area (Å²) in [6.07, 6.45) is -0.537. The fourth-order valence-corrected chi connectivity index (χ4v) is 3.73. The molecule has 1 saturated heterocycles. The van der Waals surface area contributed by atoms with Gasteiger partial charge in [0.15, 0.2) is 0 Å². The second-order valence-corrected chi connectivity index (χ2v) is 8.31. The van der Waals surface area contributed by atoms with E-state index in [1.807, 2.05) is 0 Å². The number of carbonyl (C=O) groups is 4. The first-order valence-electron chi connectivity index (χ1n) is 10.3. The molecule has 0 spiro atoms. The number of methoxy groups -OCH3 is 1. The van der Waals surface area contributed by atoms with Crippen LogP contribution >= 0.6 is 24.0 Å². The molecule has 0 aromatic heterocycles. The van der Waals surface area contributed by atoms with Crippen molar-refractivity contribution in [3.63, 3.8) is 0 Å². The summed E-state index contributed by atoms with van der Waals surface area (Å²) in [7, 11) is 1.27. The summed E-state index contributed by atoms with van der Waals surface area (Å²) in [5, 5.41) is 2.46. The number of nitrogens with zero attached hydrogens (tertiary/aromatic N) is 2. The van der Waals surface area contributed by atoms with Crippen molar-refractivity contribution < 1.29 is 42.9 Å². The smallest absolute Gasteiger partial charge is 0.406 e. The van der Waals surface area contributed by atoms with Crippen molar-refractivity contribution in [3.8, 4) is 0 Å². The zero-order valence-electron chi connectivity index (χ0n) is 18.9. The molecule has 0 unspecified atom stereocenters. The van der Waals surface area contributed by atoms with Gasteiger partial charge >= 0.3 is 18.0 Å². The standard InChI is InChI=1S/C19H31N3O9S2/c1-15(23)30-8-4-21(13-16(24)22-6-12-33-19(22)32)5-9-31-17(25)14-29-11-10-28-7-3-20-18(26)27-2/h3-14H2,1-2H3,(H,20,26). The number of esters is 2. The number of alkyl carbamates (subject to hydrolysis) is 1.